The minimum atomic E-state index is -1.00. The number of carbonyl (C=O) groups is 1. The number of aromatic hydroxyl groups is 1. The Labute approximate surface area is 127 Å². The molecule has 0 fully saturated rings. The molecule has 1 rings (SSSR count). The maximum absolute atomic E-state index is 10.5. The van der Waals surface area contributed by atoms with Gasteiger partial charge in [-0.25, -0.2) is 0 Å². The van der Waals surface area contributed by atoms with Crippen molar-refractivity contribution in [2.45, 2.75) is 6.04 Å². The molecule has 0 unspecified atom stereocenters. The molecule has 4 N–H and O–H groups in total. The number of carboxylic acid groups (broad SMARTS) is 1. The molecule has 1 atom stereocenters. The number of benzene rings is 1. The first-order valence-corrected chi connectivity index (χ1v) is 7.32. The molecule has 6 nitrogen and oxygen atoms in total. The molecule has 0 amide bonds. The average molecular weight is 313 g/mol. The zero-order valence-corrected chi connectivity index (χ0v) is 12.7. The Bertz CT molecular complexity index is 493. The second kappa shape index (κ2) is 8.43. The number of ether oxygens (including phenoxy) is 2. The van der Waals surface area contributed by atoms with Gasteiger partial charge in [-0.05, 0) is 17.7 Å². The fourth-order valence-corrected chi connectivity index (χ4v) is 2.29. The summed E-state index contributed by atoms with van der Waals surface area (Å²) < 4.78 is 10.1. The van der Waals surface area contributed by atoms with Crippen LogP contribution in [-0.4, -0.2) is 47.9 Å². The minimum Gasteiger partial charge on any atom is -0.502 e. The van der Waals surface area contributed by atoms with Crippen LogP contribution < -0.4 is 15.2 Å². The van der Waals surface area contributed by atoms with Crippen molar-refractivity contribution in [1.82, 2.24) is 0 Å². The Morgan fingerprint density at radius 2 is 1.95 bits per heavy atom. The van der Waals surface area contributed by atoms with E-state index < -0.39 is 12.0 Å². The summed E-state index contributed by atoms with van der Waals surface area (Å²) in [5.74, 6) is 0.594. The van der Waals surface area contributed by atoms with E-state index in [4.69, 9.17) is 20.3 Å². The van der Waals surface area contributed by atoms with Crippen molar-refractivity contribution in [2.75, 3.05) is 25.7 Å². The SMILES string of the molecule is COc1cc(/C=C/CSC[C@H](N)C(=O)O)cc(OC)c1O. The first kappa shape index (κ1) is 17.2. The van der Waals surface area contributed by atoms with E-state index in [0.29, 0.717) is 23.0 Å². The number of hydrogen-bond donors (Lipinski definition) is 3. The van der Waals surface area contributed by atoms with Crippen LogP contribution >= 0.6 is 11.8 Å². The molecule has 0 heterocycles. The lowest BCUT2D eigenvalue weighted by atomic mass is 10.1. The topological polar surface area (TPSA) is 102 Å². The number of phenolic OH excluding ortho intramolecular Hbond substituents is 1. The number of nitrogens with two attached hydrogens (primary N) is 1. The van der Waals surface area contributed by atoms with Gasteiger partial charge in [0.25, 0.3) is 0 Å². The van der Waals surface area contributed by atoms with Gasteiger partial charge in [-0.15, -0.1) is 0 Å². The van der Waals surface area contributed by atoms with E-state index >= 15 is 0 Å². The monoisotopic (exact) mass is 313 g/mol. The predicted octanol–water partition coefficient (Wildman–Crippen LogP) is 1.57. The molecule has 0 aliphatic heterocycles. The van der Waals surface area contributed by atoms with Gasteiger partial charge in [-0.3, -0.25) is 4.79 Å². The van der Waals surface area contributed by atoms with E-state index in [0.717, 1.165) is 5.56 Å². The molecule has 0 aliphatic carbocycles. The Morgan fingerprint density at radius 3 is 2.43 bits per heavy atom. The largest absolute Gasteiger partial charge is 0.502 e. The van der Waals surface area contributed by atoms with Gasteiger partial charge in [-0.2, -0.15) is 11.8 Å². The molecule has 116 valence electrons. The fourth-order valence-electron chi connectivity index (χ4n) is 1.53. The van der Waals surface area contributed by atoms with Gasteiger partial charge in [0.1, 0.15) is 6.04 Å². The minimum absolute atomic E-state index is 0.0426. The van der Waals surface area contributed by atoms with Crippen LogP contribution in [0.3, 0.4) is 0 Å². The molecule has 0 radical (unpaired) electrons. The molecule has 0 spiro atoms. The van der Waals surface area contributed by atoms with E-state index in [1.807, 2.05) is 12.2 Å². The highest BCUT2D eigenvalue weighted by molar-refractivity contribution is 7.99. The lowest BCUT2D eigenvalue weighted by Crippen LogP contribution is -2.32. The molecule has 0 saturated heterocycles. The third-order valence-corrected chi connectivity index (χ3v) is 3.66. The first-order chi connectivity index (χ1) is 9.99. The molecular formula is C14H19NO5S. The molecule has 1 aromatic carbocycles. The van der Waals surface area contributed by atoms with Gasteiger partial charge in [0, 0.05) is 11.5 Å². The standard InChI is InChI=1S/C14H19NO5S/c1-19-11-6-9(7-12(20-2)13(11)16)4-3-5-21-8-10(15)14(17)18/h3-4,6-7,10,16H,5,8,15H2,1-2H3,(H,17,18)/b4-3+/t10-/m0/s1. The highest BCUT2D eigenvalue weighted by atomic mass is 32.2. The van der Waals surface area contributed by atoms with Crippen molar-refractivity contribution >= 4 is 23.8 Å². The molecule has 21 heavy (non-hydrogen) atoms. The van der Waals surface area contributed by atoms with Crippen LogP contribution in [-0.2, 0) is 4.79 Å². The normalized spacial score (nSPS) is 12.3. The number of aliphatic carboxylic acids is 1. The van der Waals surface area contributed by atoms with E-state index in [1.54, 1.807) is 12.1 Å². The third-order valence-electron chi connectivity index (χ3n) is 2.64. The zero-order chi connectivity index (χ0) is 15.8. The lowest BCUT2D eigenvalue weighted by Gasteiger charge is -2.09. The average Bonchev–Trinajstić information content (AvgIpc) is 2.47. The Hall–Kier alpha value is -1.86. The van der Waals surface area contributed by atoms with Crippen LogP contribution in [0.5, 0.6) is 17.2 Å². The predicted molar refractivity (Wildman–Crippen MR) is 83.2 cm³/mol. The number of methoxy groups -OCH3 is 2. The van der Waals surface area contributed by atoms with Gasteiger partial charge < -0.3 is 25.4 Å². The number of phenols is 1. The van der Waals surface area contributed by atoms with Crippen molar-refractivity contribution in [3.63, 3.8) is 0 Å². The van der Waals surface area contributed by atoms with Crippen LogP contribution in [0.4, 0.5) is 0 Å². The summed E-state index contributed by atoms with van der Waals surface area (Å²) >= 11 is 1.43. The van der Waals surface area contributed by atoms with Gasteiger partial charge in [0.05, 0.1) is 14.2 Å². The molecular weight excluding hydrogens is 294 g/mol. The number of thioether (sulfide) groups is 1. The highest BCUT2D eigenvalue weighted by Crippen LogP contribution is 2.37. The summed E-state index contributed by atoms with van der Waals surface area (Å²) in [7, 11) is 2.93. The van der Waals surface area contributed by atoms with Gasteiger partial charge >= 0.3 is 5.97 Å². The van der Waals surface area contributed by atoms with Crippen molar-refractivity contribution in [1.29, 1.82) is 0 Å². The lowest BCUT2D eigenvalue weighted by molar-refractivity contribution is -0.137. The molecule has 0 bridgehead atoms. The molecule has 0 aliphatic rings. The van der Waals surface area contributed by atoms with Crippen LogP contribution in [0.1, 0.15) is 5.56 Å². The van der Waals surface area contributed by atoms with Crippen LogP contribution in [0.2, 0.25) is 0 Å². The first-order valence-electron chi connectivity index (χ1n) is 6.17. The molecule has 0 aromatic heterocycles. The van der Waals surface area contributed by atoms with Crippen LogP contribution in [0.15, 0.2) is 18.2 Å². The Morgan fingerprint density at radius 1 is 1.38 bits per heavy atom. The second-order valence-electron chi connectivity index (χ2n) is 4.16. The van der Waals surface area contributed by atoms with E-state index in [9.17, 15) is 9.90 Å². The number of rotatable bonds is 8. The molecule has 1 aromatic rings. The van der Waals surface area contributed by atoms with Crippen molar-refractivity contribution in [3.05, 3.63) is 23.8 Å². The van der Waals surface area contributed by atoms with Gasteiger partial charge in [0.15, 0.2) is 11.5 Å². The van der Waals surface area contributed by atoms with E-state index in [1.165, 1.54) is 26.0 Å². The third kappa shape index (κ3) is 5.20. The fraction of sp³-hybridized carbons (Fsp3) is 0.357. The maximum Gasteiger partial charge on any atom is 0.321 e. The van der Waals surface area contributed by atoms with Crippen LogP contribution in [0.25, 0.3) is 6.08 Å². The highest BCUT2D eigenvalue weighted by Gasteiger charge is 2.11. The smallest absolute Gasteiger partial charge is 0.321 e. The summed E-state index contributed by atoms with van der Waals surface area (Å²) in [6.45, 7) is 0. The quantitative estimate of drug-likeness (QED) is 0.626. The van der Waals surface area contributed by atoms with Crippen molar-refractivity contribution < 1.29 is 24.5 Å². The summed E-state index contributed by atoms with van der Waals surface area (Å²) in [6.07, 6.45) is 3.72. The number of hydrogen-bond acceptors (Lipinski definition) is 6. The maximum atomic E-state index is 10.5. The summed E-state index contributed by atoms with van der Waals surface area (Å²) in [5, 5.41) is 18.4. The Balaban J connectivity index is 2.62. The Kier molecular flexibility index (Phi) is 6.90. The van der Waals surface area contributed by atoms with Crippen molar-refractivity contribution in [3.8, 4) is 17.2 Å². The van der Waals surface area contributed by atoms with E-state index in [2.05, 4.69) is 0 Å². The van der Waals surface area contributed by atoms with Gasteiger partial charge in [0.2, 0.25) is 5.75 Å². The zero-order valence-electron chi connectivity index (χ0n) is 11.9. The van der Waals surface area contributed by atoms with Crippen molar-refractivity contribution in [2.24, 2.45) is 5.73 Å². The molecule has 7 heteroatoms. The second-order valence-corrected chi connectivity index (χ2v) is 5.23. The van der Waals surface area contributed by atoms with Gasteiger partial charge in [-0.1, -0.05) is 12.2 Å². The number of carboxylic acids is 1. The summed E-state index contributed by atoms with van der Waals surface area (Å²) in [6, 6.07) is 2.52. The van der Waals surface area contributed by atoms with E-state index in [-0.39, 0.29) is 5.75 Å². The summed E-state index contributed by atoms with van der Waals surface area (Å²) in [5.41, 5.74) is 6.21. The van der Waals surface area contributed by atoms with Crippen LogP contribution in [0, 0.1) is 0 Å². The summed E-state index contributed by atoms with van der Waals surface area (Å²) in [4.78, 5) is 10.5. The molecule has 0 saturated carbocycles.